The molecule has 124 valence electrons. The fraction of sp³-hybridized carbons (Fsp3) is 0.667. The molecule has 23 heavy (non-hydrogen) atoms. The van der Waals surface area contributed by atoms with Gasteiger partial charge >= 0.3 is 35.2 Å². The fourth-order valence-electron chi connectivity index (χ4n) is 2.44. The van der Waals surface area contributed by atoms with Gasteiger partial charge in [-0.05, 0) is 5.88 Å². The molecule has 0 unspecified atom stereocenters. The minimum absolute atomic E-state index is 0. The third-order valence-corrected chi connectivity index (χ3v) is 3.82. The molecule has 10 nitrogen and oxygen atoms in total. The van der Waals surface area contributed by atoms with Gasteiger partial charge in [0.1, 0.15) is 30.5 Å². The summed E-state index contributed by atoms with van der Waals surface area (Å²) in [4.78, 5) is 23.8. The zero-order valence-electron chi connectivity index (χ0n) is 12.9. The smallest absolute Gasteiger partial charge is 0.860 e. The Bertz CT molecular complexity index is 685. The van der Waals surface area contributed by atoms with Gasteiger partial charge in [-0.25, -0.2) is 4.79 Å². The number of aliphatic hydroxyl groups excluding tert-OH is 4. The van der Waals surface area contributed by atoms with Gasteiger partial charge in [0.25, 0.3) is 5.56 Å². The molecule has 5 atom stereocenters. The van der Waals surface area contributed by atoms with E-state index in [1.54, 1.807) is 0 Å². The summed E-state index contributed by atoms with van der Waals surface area (Å²) in [5.41, 5.74) is -2.37. The summed E-state index contributed by atoms with van der Waals surface area (Å²) in [6.45, 7) is -0.693. The van der Waals surface area contributed by atoms with Crippen LogP contribution in [-0.4, -0.2) is 60.6 Å². The van der Waals surface area contributed by atoms with Crippen LogP contribution in [0.5, 0.6) is 5.88 Å². The molecule has 1 fully saturated rings. The summed E-state index contributed by atoms with van der Waals surface area (Å²) in [5.74, 6) is -0.975. The number of nitrogens with zero attached hydrogens (tertiary/aromatic N) is 2. The molecule has 1 aromatic rings. The normalized spacial score (nSPS) is 30.8. The summed E-state index contributed by atoms with van der Waals surface area (Å²) in [5, 5.41) is 50.7. The van der Waals surface area contributed by atoms with Crippen molar-refractivity contribution in [1.29, 1.82) is 0 Å². The van der Waals surface area contributed by atoms with Crippen molar-refractivity contribution >= 4 is 0 Å². The standard InChI is InChI=1S/C12H18N2O8.Na/c1-13-10(19)5(11(20)14(2)12(13)21)9-8(18)7(17)6(16)4(3-15)22-9;/h4,6-9,15-19H,3H2,1-2H3;/q;+1/p-1/t4-,6+,7+,8-,9+;/m1./s1. The number of hydrogen-bond acceptors (Lipinski definition) is 8. The monoisotopic (exact) mass is 340 g/mol. The van der Waals surface area contributed by atoms with Crippen molar-refractivity contribution in [3.8, 4) is 5.88 Å². The van der Waals surface area contributed by atoms with E-state index in [4.69, 9.17) is 9.84 Å². The number of aliphatic hydroxyl groups is 4. The van der Waals surface area contributed by atoms with Gasteiger partial charge in [0.2, 0.25) is 0 Å². The summed E-state index contributed by atoms with van der Waals surface area (Å²) in [6.07, 6.45) is -7.94. The molecule has 1 aliphatic heterocycles. The van der Waals surface area contributed by atoms with E-state index in [-0.39, 0.29) is 29.6 Å². The minimum atomic E-state index is -1.77. The molecular formula is C12H17N2NaO8. The summed E-state index contributed by atoms with van der Waals surface area (Å²) < 4.78 is 6.52. The second-order valence-corrected chi connectivity index (χ2v) is 5.17. The van der Waals surface area contributed by atoms with Crippen LogP contribution in [0.25, 0.3) is 0 Å². The van der Waals surface area contributed by atoms with Crippen LogP contribution >= 0.6 is 0 Å². The zero-order chi connectivity index (χ0) is 16.8. The van der Waals surface area contributed by atoms with E-state index >= 15 is 0 Å². The summed E-state index contributed by atoms with van der Waals surface area (Å²) in [6, 6.07) is 0. The first-order valence-corrected chi connectivity index (χ1v) is 6.49. The van der Waals surface area contributed by atoms with Crippen molar-refractivity contribution in [2.24, 2.45) is 14.1 Å². The number of aromatic nitrogens is 2. The molecule has 11 heteroatoms. The predicted molar refractivity (Wildman–Crippen MR) is 69.1 cm³/mol. The van der Waals surface area contributed by atoms with Crippen molar-refractivity contribution in [3.05, 3.63) is 26.4 Å². The van der Waals surface area contributed by atoms with Gasteiger partial charge in [0.15, 0.2) is 0 Å². The van der Waals surface area contributed by atoms with Crippen LogP contribution in [-0.2, 0) is 18.8 Å². The molecule has 1 saturated heterocycles. The Morgan fingerprint density at radius 3 is 2.17 bits per heavy atom. The van der Waals surface area contributed by atoms with Crippen LogP contribution in [0.1, 0.15) is 11.7 Å². The molecule has 4 N–H and O–H groups in total. The average Bonchev–Trinajstić information content (AvgIpc) is 2.51. The molecule has 0 amide bonds. The van der Waals surface area contributed by atoms with Gasteiger partial charge in [0.05, 0.1) is 12.2 Å². The maximum Gasteiger partial charge on any atom is 1.00 e. The fourth-order valence-corrected chi connectivity index (χ4v) is 2.44. The van der Waals surface area contributed by atoms with Crippen molar-refractivity contribution in [1.82, 2.24) is 9.13 Å². The average molecular weight is 340 g/mol. The van der Waals surface area contributed by atoms with Gasteiger partial charge in [-0.2, -0.15) is 0 Å². The van der Waals surface area contributed by atoms with Crippen molar-refractivity contribution in [3.63, 3.8) is 0 Å². The van der Waals surface area contributed by atoms with E-state index in [0.29, 0.717) is 9.13 Å². The maximum atomic E-state index is 12.1. The molecule has 0 radical (unpaired) electrons. The Morgan fingerprint density at radius 2 is 1.65 bits per heavy atom. The van der Waals surface area contributed by atoms with Crippen LogP contribution < -0.4 is 45.9 Å². The second-order valence-electron chi connectivity index (χ2n) is 5.17. The van der Waals surface area contributed by atoms with Gasteiger partial charge in [0, 0.05) is 14.1 Å². The van der Waals surface area contributed by atoms with E-state index in [9.17, 15) is 30.0 Å². The van der Waals surface area contributed by atoms with Gasteiger partial charge < -0.3 is 34.8 Å². The second kappa shape index (κ2) is 7.45. The Morgan fingerprint density at radius 1 is 1.09 bits per heavy atom. The Kier molecular flexibility index (Phi) is 6.58. The molecule has 0 bridgehead atoms. The van der Waals surface area contributed by atoms with Gasteiger partial charge in [-0.15, -0.1) is 0 Å². The SMILES string of the molecule is Cn1c([O-])c([C@@H]2O[C@H](CO)[C@H](O)[C@H](O)[C@H]2O)c(=O)n(C)c1=O.[Na+]. The molecule has 0 aromatic carbocycles. The predicted octanol–water partition coefficient (Wildman–Crippen LogP) is -7.32. The largest absolute Gasteiger partial charge is 1.00 e. The summed E-state index contributed by atoms with van der Waals surface area (Å²) in [7, 11) is 2.30. The molecular weight excluding hydrogens is 323 g/mol. The molecule has 0 aliphatic carbocycles. The van der Waals surface area contributed by atoms with Crippen LogP contribution in [0.2, 0.25) is 0 Å². The van der Waals surface area contributed by atoms with Gasteiger partial charge in [-0.1, -0.05) is 0 Å². The van der Waals surface area contributed by atoms with Crippen molar-refractivity contribution in [2.45, 2.75) is 30.5 Å². The Balaban J connectivity index is 0.00000264. The van der Waals surface area contributed by atoms with Crippen LogP contribution in [0.15, 0.2) is 9.59 Å². The van der Waals surface area contributed by atoms with Gasteiger partial charge in [-0.3, -0.25) is 9.36 Å². The first-order chi connectivity index (χ1) is 10.2. The summed E-state index contributed by atoms with van der Waals surface area (Å²) >= 11 is 0. The van der Waals surface area contributed by atoms with Crippen LogP contribution in [0.4, 0.5) is 0 Å². The topological polar surface area (TPSA) is 157 Å². The number of ether oxygens (including phenoxy) is 1. The molecule has 1 aromatic heterocycles. The molecule has 0 saturated carbocycles. The molecule has 2 heterocycles. The van der Waals surface area contributed by atoms with E-state index in [2.05, 4.69) is 0 Å². The third kappa shape index (κ3) is 3.26. The van der Waals surface area contributed by atoms with Crippen LogP contribution in [0, 0.1) is 0 Å². The molecule has 2 rings (SSSR count). The number of hydrogen-bond donors (Lipinski definition) is 4. The maximum absolute atomic E-state index is 12.1. The minimum Gasteiger partial charge on any atom is -0.860 e. The molecule has 1 aliphatic rings. The van der Waals surface area contributed by atoms with E-state index in [0.717, 1.165) is 14.1 Å². The van der Waals surface area contributed by atoms with Crippen LogP contribution in [0.3, 0.4) is 0 Å². The van der Waals surface area contributed by atoms with E-state index in [1.165, 1.54) is 0 Å². The van der Waals surface area contributed by atoms with E-state index in [1.807, 2.05) is 0 Å². The van der Waals surface area contributed by atoms with E-state index < -0.39 is 59.8 Å². The van der Waals surface area contributed by atoms with Crippen molar-refractivity contribution < 1.29 is 59.8 Å². The zero-order valence-corrected chi connectivity index (χ0v) is 14.9. The molecule has 0 spiro atoms. The first kappa shape index (κ1) is 20.3. The van der Waals surface area contributed by atoms with Crippen molar-refractivity contribution in [2.75, 3.05) is 6.61 Å². The Hall–Kier alpha value is -0.720. The third-order valence-electron chi connectivity index (χ3n) is 3.82. The number of rotatable bonds is 2. The Labute approximate surface area is 152 Å². The first-order valence-electron chi connectivity index (χ1n) is 6.49. The quantitative estimate of drug-likeness (QED) is 0.387.